The Morgan fingerprint density at radius 2 is 2.11 bits per heavy atom. The molecule has 1 aromatic rings. The second-order valence-electron chi connectivity index (χ2n) is 5.17. The number of carboxylic acid groups (broad SMARTS) is 1. The SMILES string of the molecule is CC(C)CCN(C)CCOc1cccc(C(=O)O)c1. The van der Waals surface area contributed by atoms with Gasteiger partial charge in [0.05, 0.1) is 5.56 Å². The van der Waals surface area contributed by atoms with E-state index in [0.29, 0.717) is 18.3 Å². The lowest BCUT2D eigenvalue weighted by atomic mass is 10.1. The van der Waals surface area contributed by atoms with E-state index in [9.17, 15) is 4.79 Å². The van der Waals surface area contributed by atoms with Gasteiger partial charge in [-0.05, 0) is 44.1 Å². The van der Waals surface area contributed by atoms with Gasteiger partial charge in [0.15, 0.2) is 0 Å². The van der Waals surface area contributed by atoms with Gasteiger partial charge < -0.3 is 14.7 Å². The summed E-state index contributed by atoms with van der Waals surface area (Å²) in [6.07, 6.45) is 1.17. The molecule has 0 heterocycles. The Kier molecular flexibility index (Phi) is 6.36. The quantitative estimate of drug-likeness (QED) is 0.785. The highest BCUT2D eigenvalue weighted by Crippen LogP contribution is 2.13. The number of rotatable bonds is 8. The molecule has 0 aliphatic rings. The Hall–Kier alpha value is -1.55. The van der Waals surface area contributed by atoms with Gasteiger partial charge in [0.2, 0.25) is 0 Å². The number of hydrogen-bond donors (Lipinski definition) is 1. The highest BCUT2D eigenvalue weighted by atomic mass is 16.5. The van der Waals surface area contributed by atoms with Crippen molar-refractivity contribution >= 4 is 5.97 Å². The molecule has 0 radical (unpaired) electrons. The van der Waals surface area contributed by atoms with Crippen LogP contribution < -0.4 is 4.74 Å². The second kappa shape index (κ2) is 7.79. The molecule has 0 amide bonds. The minimum atomic E-state index is -0.931. The smallest absolute Gasteiger partial charge is 0.335 e. The monoisotopic (exact) mass is 265 g/mol. The molecular formula is C15H23NO3. The third-order valence-corrected chi connectivity index (χ3v) is 2.91. The van der Waals surface area contributed by atoms with Gasteiger partial charge in [-0.25, -0.2) is 4.79 Å². The predicted octanol–water partition coefficient (Wildman–Crippen LogP) is 2.74. The summed E-state index contributed by atoms with van der Waals surface area (Å²) in [4.78, 5) is 13.0. The minimum absolute atomic E-state index is 0.255. The molecule has 1 rings (SSSR count). The maximum absolute atomic E-state index is 10.8. The number of carboxylic acids is 1. The van der Waals surface area contributed by atoms with Crippen molar-refractivity contribution in [3.05, 3.63) is 29.8 Å². The normalized spacial score (nSPS) is 11.0. The first-order valence-electron chi connectivity index (χ1n) is 6.63. The molecule has 0 saturated carbocycles. The molecular weight excluding hydrogens is 242 g/mol. The molecule has 0 saturated heterocycles. The zero-order valence-electron chi connectivity index (χ0n) is 11.9. The first kappa shape index (κ1) is 15.5. The molecule has 4 heteroatoms. The Labute approximate surface area is 115 Å². The highest BCUT2D eigenvalue weighted by molar-refractivity contribution is 5.87. The summed E-state index contributed by atoms with van der Waals surface area (Å²) in [5.41, 5.74) is 0.255. The van der Waals surface area contributed by atoms with Crippen molar-refractivity contribution in [2.45, 2.75) is 20.3 Å². The molecule has 1 aromatic carbocycles. The third kappa shape index (κ3) is 6.25. The van der Waals surface area contributed by atoms with Gasteiger partial charge in [-0.2, -0.15) is 0 Å². The van der Waals surface area contributed by atoms with Crippen molar-refractivity contribution in [2.24, 2.45) is 5.92 Å². The summed E-state index contributed by atoms with van der Waals surface area (Å²) >= 11 is 0. The summed E-state index contributed by atoms with van der Waals surface area (Å²) in [7, 11) is 2.07. The maximum Gasteiger partial charge on any atom is 0.335 e. The number of aromatic carboxylic acids is 1. The molecule has 0 aliphatic heterocycles. The Bertz CT molecular complexity index is 404. The minimum Gasteiger partial charge on any atom is -0.492 e. The highest BCUT2D eigenvalue weighted by Gasteiger charge is 2.04. The first-order valence-corrected chi connectivity index (χ1v) is 6.63. The van der Waals surface area contributed by atoms with Gasteiger partial charge in [0.1, 0.15) is 12.4 Å². The second-order valence-corrected chi connectivity index (χ2v) is 5.17. The van der Waals surface area contributed by atoms with Gasteiger partial charge in [-0.1, -0.05) is 19.9 Å². The molecule has 0 atom stereocenters. The largest absolute Gasteiger partial charge is 0.492 e. The zero-order chi connectivity index (χ0) is 14.3. The van der Waals surface area contributed by atoms with Crippen molar-refractivity contribution in [1.29, 1.82) is 0 Å². The number of hydrogen-bond acceptors (Lipinski definition) is 3. The van der Waals surface area contributed by atoms with E-state index >= 15 is 0 Å². The molecule has 0 aromatic heterocycles. The van der Waals surface area contributed by atoms with Crippen LogP contribution in [0.25, 0.3) is 0 Å². The molecule has 0 fully saturated rings. The average molecular weight is 265 g/mol. The van der Waals surface area contributed by atoms with Crippen LogP contribution in [0.2, 0.25) is 0 Å². The van der Waals surface area contributed by atoms with Crippen molar-refractivity contribution in [1.82, 2.24) is 4.90 Å². The Balaban J connectivity index is 2.32. The molecule has 0 unspecified atom stereocenters. The van der Waals surface area contributed by atoms with E-state index in [0.717, 1.165) is 13.1 Å². The fourth-order valence-electron chi connectivity index (χ4n) is 1.63. The van der Waals surface area contributed by atoms with Crippen LogP contribution in [0.3, 0.4) is 0 Å². The molecule has 19 heavy (non-hydrogen) atoms. The maximum atomic E-state index is 10.8. The van der Waals surface area contributed by atoms with Crippen LogP contribution in [0, 0.1) is 5.92 Å². The summed E-state index contributed by atoms with van der Waals surface area (Å²) < 4.78 is 5.57. The third-order valence-electron chi connectivity index (χ3n) is 2.91. The fraction of sp³-hybridized carbons (Fsp3) is 0.533. The fourth-order valence-corrected chi connectivity index (χ4v) is 1.63. The van der Waals surface area contributed by atoms with Gasteiger partial charge in [-0.3, -0.25) is 0 Å². The Morgan fingerprint density at radius 3 is 2.74 bits per heavy atom. The van der Waals surface area contributed by atoms with Crippen LogP contribution in [-0.2, 0) is 0 Å². The van der Waals surface area contributed by atoms with E-state index in [4.69, 9.17) is 9.84 Å². The molecule has 0 aliphatic carbocycles. The van der Waals surface area contributed by atoms with E-state index in [-0.39, 0.29) is 5.56 Å². The van der Waals surface area contributed by atoms with Crippen LogP contribution in [0.5, 0.6) is 5.75 Å². The molecule has 106 valence electrons. The number of likely N-dealkylation sites (N-methyl/N-ethyl adjacent to an activating group) is 1. The van der Waals surface area contributed by atoms with E-state index in [1.165, 1.54) is 6.42 Å². The van der Waals surface area contributed by atoms with Crippen LogP contribution in [0.15, 0.2) is 24.3 Å². The molecule has 0 spiro atoms. The number of carbonyl (C=O) groups is 1. The van der Waals surface area contributed by atoms with Crippen molar-refractivity contribution < 1.29 is 14.6 Å². The van der Waals surface area contributed by atoms with Crippen LogP contribution in [-0.4, -0.2) is 42.7 Å². The summed E-state index contributed by atoms with van der Waals surface area (Å²) in [6.45, 7) is 6.88. The van der Waals surface area contributed by atoms with Gasteiger partial charge >= 0.3 is 5.97 Å². The van der Waals surface area contributed by atoms with Crippen LogP contribution in [0.1, 0.15) is 30.6 Å². The number of nitrogens with zero attached hydrogens (tertiary/aromatic N) is 1. The number of benzene rings is 1. The molecule has 0 bridgehead atoms. The summed E-state index contributed by atoms with van der Waals surface area (Å²) in [5.74, 6) is 0.382. The van der Waals surface area contributed by atoms with E-state index in [1.807, 2.05) is 0 Å². The lowest BCUT2D eigenvalue weighted by Crippen LogP contribution is -2.26. The average Bonchev–Trinajstić information content (AvgIpc) is 2.36. The zero-order valence-corrected chi connectivity index (χ0v) is 11.9. The van der Waals surface area contributed by atoms with E-state index < -0.39 is 5.97 Å². The van der Waals surface area contributed by atoms with Crippen molar-refractivity contribution in [2.75, 3.05) is 26.7 Å². The van der Waals surface area contributed by atoms with Crippen molar-refractivity contribution in [3.8, 4) is 5.75 Å². The lowest BCUT2D eigenvalue weighted by molar-refractivity contribution is 0.0696. The Morgan fingerprint density at radius 1 is 1.37 bits per heavy atom. The summed E-state index contributed by atoms with van der Waals surface area (Å²) in [6, 6.07) is 6.59. The molecule has 4 nitrogen and oxygen atoms in total. The van der Waals surface area contributed by atoms with Gasteiger partial charge in [0, 0.05) is 6.54 Å². The van der Waals surface area contributed by atoms with Crippen molar-refractivity contribution in [3.63, 3.8) is 0 Å². The number of ether oxygens (including phenoxy) is 1. The van der Waals surface area contributed by atoms with Gasteiger partial charge in [0.25, 0.3) is 0 Å². The predicted molar refractivity (Wildman–Crippen MR) is 75.8 cm³/mol. The molecule has 1 N–H and O–H groups in total. The van der Waals surface area contributed by atoms with Crippen LogP contribution in [0.4, 0.5) is 0 Å². The standard InChI is InChI=1S/C15H23NO3/c1-12(2)7-8-16(3)9-10-19-14-6-4-5-13(11-14)15(17)18/h4-6,11-12H,7-10H2,1-3H3,(H,17,18). The van der Waals surface area contributed by atoms with Gasteiger partial charge in [-0.15, -0.1) is 0 Å². The lowest BCUT2D eigenvalue weighted by Gasteiger charge is -2.18. The first-order chi connectivity index (χ1) is 8.99. The topological polar surface area (TPSA) is 49.8 Å². The van der Waals surface area contributed by atoms with Crippen LogP contribution >= 0.6 is 0 Å². The van der Waals surface area contributed by atoms with E-state index in [1.54, 1.807) is 24.3 Å². The van der Waals surface area contributed by atoms with E-state index in [2.05, 4.69) is 25.8 Å². The summed E-state index contributed by atoms with van der Waals surface area (Å²) in [5, 5.41) is 8.88.